The number of furan rings is 1. The summed E-state index contributed by atoms with van der Waals surface area (Å²) in [5, 5.41) is 12.0. The van der Waals surface area contributed by atoms with Crippen LogP contribution >= 0.6 is 0 Å². The van der Waals surface area contributed by atoms with Crippen LogP contribution in [0.15, 0.2) is 34.7 Å². The van der Waals surface area contributed by atoms with E-state index >= 15 is 0 Å². The Morgan fingerprint density at radius 3 is 2.82 bits per heavy atom. The summed E-state index contributed by atoms with van der Waals surface area (Å²) in [6.45, 7) is 2.45. The zero-order valence-electron chi connectivity index (χ0n) is 9.53. The first-order valence-corrected chi connectivity index (χ1v) is 5.28. The van der Waals surface area contributed by atoms with Crippen molar-refractivity contribution < 1.29 is 4.42 Å². The van der Waals surface area contributed by atoms with Crippen LogP contribution < -0.4 is 11.1 Å². The average molecular weight is 227 g/mol. The van der Waals surface area contributed by atoms with Gasteiger partial charge in [0.05, 0.1) is 23.5 Å². The Balaban J connectivity index is 2.12. The van der Waals surface area contributed by atoms with Gasteiger partial charge in [0, 0.05) is 0 Å². The predicted octanol–water partition coefficient (Wildman–Crippen LogP) is 2.65. The topological polar surface area (TPSA) is 75.0 Å². The second-order valence-corrected chi connectivity index (χ2v) is 3.74. The largest absolute Gasteiger partial charge is 0.465 e. The lowest BCUT2D eigenvalue weighted by Crippen LogP contribution is -2.03. The molecule has 0 aliphatic rings. The third-order valence-electron chi connectivity index (χ3n) is 2.48. The van der Waals surface area contributed by atoms with Crippen LogP contribution in [0.4, 0.5) is 11.4 Å². The van der Waals surface area contributed by atoms with Crippen LogP contribution in [0, 0.1) is 18.3 Å². The Hall–Kier alpha value is -2.41. The molecule has 0 spiro atoms. The van der Waals surface area contributed by atoms with E-state index in [0.717, 1.165) is 17.2 Å². The average Bonchev–Trinajstić information content (AvgIpc) is 2.74. The predicted molar refractivity (Wildman–Crippen MR) is 66.3 cm³/mol. The van der Waals surface area contributed by atoms with Crippen molar-refractivity contribution in [1.82, 2.24) is 0 Å². The van der Waals surface area contributed by atoms with Gasteiger partial charge in [-0.3, -0.25) is 0 Å². The maximum Gasteiger partial charge on any atom is 0.123 e. The molecule has 0 amide bonds. The lowest BCUT2D eigenvalue weighted by atomic mass is 10.1. The first kappa shape index (κ1) is 11.1. The van der Waals surface area contributed by atoms with E-state index in [-0.39, 0.29) is 0 Å². The van der Waals surface area contributed by atoms with Crippen molar-refractivity contribution in [2.45, 2.75) is 13.5 Å². The maximum atomic E-state index is 8.86. The fourth-order valence-corrected chi connectivity index (χ4v) is 1.58. The maximum absolute atomic E-state index is 8.86. The van der Waals surface area contributed by atoms with Crippen molar-refractivity contribution >= 4 is 11.4 Å². The second-order valence-electron chi connectivity index (χ2n) is 3.74. The Kier molecular flexibility index (Phi) is 3.01. The van der Waals surface area contributed by atoms with Crippen LogP contribution in [0.1, 0.15) is 17.1 Å². The van der Waals surface area contributed by atoms with E-state index in [1.165, 1.54) is 0 Å². The lowest BCUT2D eigenvalue weighted by molar-refractivity contribution is 0.490. The van der Waals surface area contributed by atoms with Gasteiger partial charge in [0.2, 0.25) is 0 Å². The van der Waals surface area contributed by atoms with Crippen molar-refractivity contribution in [3.8, 4) is 6.07 Å². The summed E-state index contributed by atoms with van der Waals surface area (Å²) in [5.41, 5.74) is 7.54. The van der Waals surface area contributed by atoms with Gasteiger partial charge in [-0.15, -0.1) is 0 Å². The van der Waals surface area contributed by atoms with Gasteiger partial charge in [-0.25, -0.2) is 0 Å². The first-order valence-electron chi connectivity index (χ1n) is 5.28. The highest BCUT2D eigenvalue weighted by Gasteiger charge is 2.04. The van der Waals surface area contributed by atoms with Gasteiger partial charge in [-0.05, 0) is 31.2 Å². The zero-order chi connectivity index (χ0) is 12.3. The van der Waals surface area contributed by atoms with Crippen LogP contribution in [0.2, 0.25) is 0 Å². The first-order chi connectivity index (χ1) is 8.20. The van der Waals surface area contributed by atoms with Crippen molar-refractivity contribution in [3.05, 3.63) is 47.4 Å². The van der Waals surface area contributed by atoms with Gasteiger partial charge in [0.1, 0.15) is 17.6 Å². The van der Waals surface area contributed by atoms with E-state index < -0.39 is 0 Å². The summed E-state index contributed by atoms with van der Waals surface area (Å²) in [7, 11) is 0. The molecule has 0 fully saturated rings. The van der Waals surface area contributed by atoms with Gasteiger partial charge >= 0.3 is 0 Å². The minimum absolute atomic E-state index is 0.471. The number of nitrogen functional groups attached to an aromatic ring is 1. The number of aryl methyl sites for hydroxylation is 1. The summed E-state index contributed by atoms with van der Waals surface area (Å²) < 4.78 is 5.43. The number of nitrogens with zero attached hydrogens (tertiary/aromatic N) is 1. The molecular formula is C13H13N3O. The van der Waals surface area contributed by atoms with E-state index in [1.54, 1.807) is 12.1 Å². The molecule has 0 unspecified atom stereocenters. The van der Waals surface area contributed by atoms with Gasteiger partial charge in [-0.2, -0.15) is 5.26 Å². The standard InChI is InChI=1S/C13H13N3O/c1-9-5-6-11(17-9)8-16-12-4-2-3-10(7-14)13(12)15/h2-6,16H,8,15H2,1H3. The zero-order valence-corrected chi connectivity index (χ0v) is 9.53. The molecule has 0 aliphatic heterocycles. The van der Waals surface area contributed by atoms with E-state index in [9.17, 15) is 0 Å². The molecule has 0 saturated heterocycles. The van der Waals surface area contributed by atoms with Gasteiger partial charge in [0.15, 0.2) is 0 Å². The van der Waals surface area contributed by atoms with Crippen LogP contribution in [0.3, 0.4) is 0 Å². The minimum Gasteiger partial charge on any atom is -0.465 e. The third-order valence-corrected chi connectivity index (χ3v) is 2.48. The molecule has 0 saturated carbocycles. The quantitative estimate of drug-likeness (QED) is 0.790. The van der Waals surface area contributed by atoms with E-state index in [0.29, 0.717) is 17.8 Å². The molecule has 1 aromatic heterocycles. The molecule has 4 heteroatoms. The highest BCUT2D eigenvalue weighted by molar-refractivity contribution is 5.72. The molecular weight excluding hydrogens is 214 g/mol. The van der Waals surface area contributed by atoms with Crippen LogP contribution in [-0.2, 0) is 6.54 Å². The number of anilines is 2. The molecule has 0 radical (unpaired) electrons. The number of benzene rings is 1. The summed E-state index contributed by atoms with van der Waals surface area (Å²) in [4.78, 5) is 0. The van der Waals surface area contributed by atoms with E-state index in [4.69, 9.17) is 15.4 Å². The van der Waals surface area contributed by atoms with Gasteiger partial charge in [0.25, 0.3) is 0 Å². The SMILES string of the molecule is Cc1ccc(CNc2cccc(C#N)c2N)o1. The number of nitrogens with one attached hydrogen (secondary N) is 1. The van der Waals surface area contributed by atoms with Crippen LogP contribution in [0.5, 0.6) is 0 Å². The second kappa shape index (κ2) is 4.62. The molecule has 1 aromatic carbocycles. The van der Waals surface area contributed by atoms with Crippen LogP contribution in [-0.4, -0.2) is 0 Å². The van der Waals surface area contributed by atoms with Crippen molar-refractivity contribution in [3.63, 3.8) is 0 Å². The fraction of sp³-hybridized carbons (Fsp3) is 0.154. The van der Waals surface area contributed by atoms with Gasteiger partial charge in [-0.1, -0.05) is 6.07 Å². The van der Waals surface area contributed by atoms with Crippen molar-refractivity contribution in [2.24, 2.45) is 0 Å². The Bertz CT molecular complexity index is 566. The smallest absolute Gasteiger partial charge is 0.123 e. The Labute approximate surface area is 99.7 Å². The number of rotatable bonds is 3. The van der Waals surface area contributed by atoms with Crippen molar-refractivity contribution in [2.75, 3.05) is 11.1 Å². The molecule has 4 nitrogen and oxygen atoms in total. The van der Waals surface area contributed by atoms with Crippen molar-refractivity contribution in [1.29, 1.82) is 5.26 Å². The Morgan fingerprint density at radius 1 is 1.35 bits per heavy atom. The lowest BCUT2D eigenvalue weighted by Gasteiger charge is -2.08. The molecule has 1 heterocycles. The number of hydrogen-bond acceptors (Lipinski definition) is 4. The number of nitriles is 1. The molecule has 2 rings (SSSR count). The van der Waals surface area contributed by atoms with E-state index in [2.05, 4.69) is 5.32 Å². The molecule has 0 atom stereocenters. The van der Waals surface area contributed by atoms with Crippen LogP contribution in [0.25, 0.3) is 0 Å². The third kappa shape index (κ3) is 2.40. The van der Waals surface area contributed by atoms with E-state index in [1.807, 2.05) is 31.2 Å². The Morgan fingerprint density at radius 2 is 2.18 bits per heavy atom. The highest BCUT2D eigenvalue weighted by Crippen LogP contribution is 2.22. The number of nitrogens with two attached hydrogens (primary N) is 1. The molecule has 0 bridgehead atoms. The number of hydrogen-bond donors (Lipinski definition) is 2. The molecule has 17 heavy (non-hydrogen) atoms. The summed E-state index contributed by atoms with van der Waals surface area (Å²) in [5.74, 6) is 1.71. The normalized spacial score (nSPS) is 9.88. The summed E-state index contributed by atoms with van der Waals surface area (Å²) >= 11 is 0. The monoisotopic (exact) mass is 227 g/mol. The highest BCUT2D eigenvalue weighted by atomic mass is 16.3. The fourth-order valence-electron chi connectivity index (χ4n) is 1.58. The summed E-state index contributed by atoms with van der Waals surface area (Å²) in [6, 6.07) is 11.2. The molecule has 3 N–H and O–H groups in total. The minimum atomic E-state index is 0.471. The summed E-state index contributed by atoms with van der Waals surface area (Å²) in [6.07, 6.45) is 0. The number of para-hydroxylation sites is 1. The molecule has 86 valence electrons. The van der Waals surface area contributed by atoms with Gasteiger partial charge < -0.3 is 15.5 Å². The molecule has 0 aliphatic carbocycles. The molecule has 2 aromatic rings.